The van der Waals surface area contributed by atoms with Gasteiger partial charge in [-0.15, -0.1) is 0 Å². The average Bonchev–Trinajstić information content (AvgIpc) is 3.67. The first kappa shape index (κ1) is 17.9. The number of benzene rings is 2. The van der Waals surface area contributed by atoms with Crippen LogP contribution in [0.1, 0.15) is 41.9 Å². The summed E-state index contributed by atoms with van der Waals surface area (Å²) in [4.78, 5) is 0. The van der Waals surface area contributed by atoms with Crippen LogP contribution in [0.3, 0.4) is 0 Å². The SMILES string of the molecule is Cc1cc(C2=CCC(c3ccc(OCC4=CO4)cc3)CC2)ccc1OCC1=CO1. The van der Waals surface area contributed by atoms with E-state index in [-0.39, 0.29) is 0 Å². The Morgan fingerprint density at radius 3 is 2.28 bits per heavy atom. The van der Waals surface area contributed by atoms with Crippen LogP contribution in [0.2, 0.25) is 0 Å². The van der Waals surface area contributed by atoms with Crippen LogP contribution in [0.5, 0.6) is 11.5 Å². The molecule has 0 fully saturated rings. The number of hydrogen-bond donors (Lipinski definition) is 0. The Kier molecular flexibility index (Phi) is 4.76. The fourth-order valence-corrected chi connectivity index (χ4v) is 3.77. The second-order valence-electron chi connectivity index (χ2n) is 7.73. The lowest BCUT2D eigenvalue weighted by molar-refractivity contribution is 0.314. The van der Waals surface area contributed by atoms with Gasteiger partial charge >= 0.3 is 0 Å². The Morgan fingerprint density at radius 1 is 0.931 bits per heavy atom. The van der Waals surface area contributed by atoms with Gasteiger partial charge < -0.3 is 18.9 Å². The largest absolute Gasteiger partial charge is 0.486 e. The zero-order valence-corrected chi connectivity index (χ0v) is 16.5. The molecule has 2 aromatic rings. The van der Waals surface area contributed by atoms with Gasteiger partial charge in [0.05, 0.1) is 0 Å². The number of hydrogen-bond acceptors (Lipinski definition) is 4. The van der Waals surface area contributed by atoms with E-state index >= 15 is 0 Å². The Morgan fingerprint density at radius 2 is 1.66 bits per heavy atom. The molecule has 1 aliphatic carbocycles. The summed E-state index contributed by atoms with van der Waals surface area (Å²) in [7, 11) is 0. The fourth-order valence-electron chi connectivity index (χ4n) is 3.77. The lowest BCUT2D eigenvalue weighted by atomic mass is 9.82. The monoisotopic (exact) mass is 388 g/mol. The Labute approximate surface area is 171 Å². The predicted molar refractivity (Wildman–Crippen MR) is 112 cm³/mol. The molecule has 0 N–H and O–H groups in total. The van der Waals surface area contributed by atoms with Gasteiger partial charge in [-0.3, -0.25) is 0 Å². The predicted octanol–water partition coefficient (Wildman–Crippen LogP) is 5.85. The molecule has 0 spiro atoms. The molecule has 29 heavy (non-hydrogen) atoms. The van der Waals surface area contributed by atoms with Gasteiger partial charge in [-0.1, -0.05) is 24.3 Å². The van der Waals surface area contributed by atoms with Crippen molar-refractivity contribution in [3.8, 4) is 11.5 Å². The van der Waals surface area contributed by atoms with E-state index in [0.717, 1.165) is 47.8 Å². The highest BCUT2D eigenvalue weighted by Crippen LogP contribution is 2.37. The third-order valence-electron chi connectivity index (χ3n) is 5.63. The quantitative estimate of drug-likeness (QED) is 0.569. The van der Waals surface area contributed by atoms with Gasteiger partial charge in [0, 0.05) is 0 Å². The van der Waals surface area contributed by atoms with Crippen molar-refractivity contribution >= 4 is 5.57 Å². The maximum Gasteiger partial charge on any atom is 0.176 e. The summed E-state index contributed by atoms with van der Waals surface area (Å²) in [6.07, 6.45) is 9.15. The normalized spacial score (nSPS) is 19.2. The van der Waals surface area contributed by atoms with Crippen molar-refractivity contribution in [3.63, 3.8) is 0 Å². The van der Waals surface area contributed by atoms with Crippen LogP contribution in [0, 0.1) is 6.92 Å². The van der Waals surface area contributed by atoms with Gasteiger partial charge in [0.25, 0.3) is 0 Å². The van der Waals surface area contributed by atoms with E-state index in [1.165, 1.54) is 16.7 Å². The number of ether oxygens (including phenoxy) is 4. The van der Waals surface area contributed by atoms with Crippen LogP contribution < -0.4 is 9.47 Å². The molecule has 3 aliphatic rings. The number of rotatable bonds is 8. The van der Waals surface area contributed by atoms with Gasteiger partial charge in [-0.05, 0) is 78.6 Å². The van der Waals surface area contributed by atoms with E-state index in [1.807, 2.05) is 0 Å². The van der Waals surface area contributed by atoms with Crippen molar-refractivity contribution in [3.05, 3.63) is 89.3 Å². The minimum absolute atomic E-state index is 0.514. The van der Waals surface area contributed by atoms with Gasteiger partial charge in [-0.25, -0.2) is 0 Å². The second kappa shape index (κ2) is 7.70. The zero-order chi connectivity index (χ0) is 19.6. The first-order valence-electron chi connectivity index (χ1n) is 10.1. The van der Waals surface area contributed by atoms with E-state index in [2.05, 4.69) is 55.5 Å². The van der Waals surface area contributed by atoms with Crippen LogP contribution in [0.15, 0.2) is 72.6 Å². The number of aryl methyl sites for hydroxylation is 1. The average molecular weight is 388 g/mol. The molecule has 4 heteroatoms. The van der Waals surface area contributed by atoms with Crippen molar-refractivity contribution in [2.75, 3.05) is 13.2 Å². The summed E-state index contributed by atoms with van der Waals surface area (Å²) < 4.78 is 21.5. The highest BCUT2D eigenvalue weighted by atomic mass is 16.6. The van der Waals surface area contributed by atoms with E-state index in [0.29, 0.717) is 19.1 Å². The van der Waals surface area contributed by atoms with Crippen LogP contribution >= 0.6 is 0 Å². The summed E-state index contributed by atoms with van der Waals surface area (Å²) in [6.45, 7) is 3.13. The number of allylic oxidation sites excluding steroid dienone is 2. The molecule has 0 amide bonds. The zero-order valence-electron chi connectivity index (χ0n) is 16.5. The molecular formula is C25H24O4. The molecule has 0 saturated heterocycles. The lowest BCUT2D eigenvalue weighted by Gasteiger charge is -2.23. The van der Waals surface area contributed by atoms with E-state index < -0.39 is 0 Å². The Hall–Kier alpha value is -3.14. The summed E-state index contributed by atoms with van der Waals surface area (Å²) in [5.41, 5.74) is 5.28. The molecule has 2 aliphatic heterocycles. The standard InChI is InChI=1S/C25H24O4/c1-17-12-21(8-11-25(17)29-16-24-15-28-24)20-4-2-18(3-5-20)19-6-9-22(10-7-19)26-13-23-14-27-23/h4,6-12,14-15,18H,2-3,5,13,16H2,1H3. The van der Waals surface area contributed by atoms with Crippen molar-refractivity contribution in [1.29, 1.82) is 0 Å². The molecule has 5 rings (SSSR count). The maximum atomic E-state index is 5.79. The van der Waals surface area contributed by atoms with E-state index in [1.54, 1.807) is 12.5 Å². The molecule has 0 radical (unpaired) electrons. The molecular weight excluding hydrogens is 364 g/mol. The van der Waals surface area contributed by atoms with Crippen LogP contribution in [-0.2, 0) is 9.47 Å². The summed E-state index contributed by atoms with van der Waals surface area (Å²) in [5.74, 6) is 4.19. The molecule has 0 aromatic heterocycles. The smallest absolute Gasteiger partial charge is 0.176 e. The van der Waals surface area contributed by atoms with Crippen LogP contribution in [0.4, 0.5) is 0 Å². The summed E-state index contributed by atoms with van der Waals surface area (Å²) in [6, 6.07) is 15.0. The molecule has 2 heterocycles. The first-order chi connectivity index (χ1) is 14.2. The molecule has 2 aromatic carbocycles. The van der Waals surface area contributed by atoms with Crippen molar-refractivity contribution < 1.29 is 18.9 Å². The van der Waals surface area contributed by atoms with Gasteiger partial charge in [0.15, 0.2) is 11.5 Å². The first-order valence-corrected chi connectivity index (χ1v) is 10.1. The topological polar surface area (TPSA) is 43.5 Å². The van der Waals surface area contributed by atoms with Gasteiger partial charge in [0.2, 0.25) is 0 Å². The molecule has 1 atom stereocenters. The van der Waals surface area contributed by atoms with Gasteiger partial charge in [-0.2, -0.15) is 0 Å². The van der Waals surface area contributed by atoms with E-state index in [9.17, 15) is 0 Å². The highest BCUT2D eigenvalue weighted by Gasteiger charge is 2.18. The molecule has 0 bridgehead atoms. The minimum atomic E-state index is 0.514. The fraction of sp³-hybridized carbons (Fsp3) is 0.280. The highest BCUT2D eigenvalue weighted by molar-refractivity contribution is 5.68. The summed E-state index contributed by atoms with van der Waals surface area (Å²) in [5, 5.41) is 0. The Bertz CT molecular complexity index is 998. The van der Waals surface area contributed by atoms with Gasteiger partial charge in [0.1, 0.15) is 37.2 Å². The Balaban J connectivity index is 1.20. The lowest BCUT2D eigenvalue weighted by Crippen LogP contribution is -2.05. The van der Waals surface area contributed by atoms with Crippen molar-refractivity contribution in [2.45, 2.75) is 32.1 Å². The molecule has 0 saturated carbocycles. The minimum Gasteiger partial charge on any atom is -0.486 e. The molecule has 4 nitrogen and oxygen atoms in total. The second-order valence-corrected chi connectivity index (χ2v) is 7.73. The van der Waals surface area contributed by atoms with Crippen molar-refractivity contribution in [1.82, 2.24) is 0 Å². The van der Waals surface area contributed by atoms with E-state index in [4.69, 9.17) is 18.9 Å². The molecule has 148 valence electrons. The van der Waals surface area contributed by atoms with Crippen molar-refractivity contribution in [2.24, 2.45) is 0 Å². The summed E-state index contributed by atoms with van der Waals surface area (Å²) >= 11 is 0. The van der Waals surface area contributed by atoms with Crippen LogP contribution in [0.25, 0.3) is 5.57 Å². The molecule has 1 unspecified atom stereocenters. The third kappa shape index (κ3) is 4.48. The third-order valence-corrected chi connectivity index (χ3v) is 5.63. The maximum absolute atomic E-state index is 5.79. The van der Waals surface area contributed by atoms with Crippen LogP contribution in [-0.4, -0.2) is 13.2 Å².